The molecule has 2 aromatic heterocycles. The second kappa shape index (κ2) is 6.05. The second-order valence-electron chi connectivity index (χ2n) is 6.40. The molecule has 0 aromatic carbocycles. The van der Waals surface area contributed by atoms with Gasteiger partial charge < -0.3 is 9.63 Å². The lowest BCUT2D eigenvalue weighted by Gasteiger charge is -2.31. The number of carboxylic acid groups (broad SMARTS) is 1. The Hall–Kier alpha value is -1.73. The number of rotatable bonds is 4. The van der Waals surface area contributed by atoms with Crippen LogP contribution < -0.4 is 0 Å². The van der Waals surface area contributed by atoms with Gasteiger partial charge in [0.2, 0.25) is 11.7 Å². The third kappa shape index (κ3) is 2.79. The fourth-order valence-electron chi connectivity index (χ4n) is 4.01. The van der Waals surface area contributed by atoms with Crippen molar-refractivity contribution in [3.05, 3.63) is 22.7 Å². The van der Waals surface area contributed by atoms with Crippen LogP contribution in [-0.4, -0.2) is 38.2 Å². The maximum Gasteiger partial charge on any atom is 0.320 e. The van der Waals surface area contributed by atoms with Crippen LogP contribution in [0, 0.1) is 5.92 Å². The molecule has 0 amide bonds. The largest absolute Gasteiger partial charge is 0.480 e. The predicted octanol–water partition coefficient (Wildman–Crippen LogP) is 3.02. The minimum atomic E-state index is -0.739. The molecule has 1 N–H and O–H groups in total. The number of aliphatic carboxylic acids is 1. The molecule has 2 aliphatic rings. The van der Waals surface area contributed by atoms with Gasteiger partial charge in [0.1, 0.15) is 6.04 Å². The maximum atomic E-state index is 11.6. The van der Waals surface area contributed by atoms with Gasteiger partial charge in [-0.3, -0.25) is 9.69 Å². The van der Waals surface area contributed by atoms with Crippen LogP contribution in [-0.2, 0) is 11.3 Å². The Morgan fingerprint density at radius 2 is 2.30 bits per heavy atom. The third-order valence-electron chi connectivity index (χ3n) is 5.07. The van der Waals surface area contributed by atoms with Crippen molar-refractivity contribution >= 4 is 17.3 Å². The van der Waals surface area contributed by atoms with Crippen LogP contribution in [0.5, 0.6) is 0 Å². The van der Waals surface area contributed by atoms with E-state index in [-0.39, 0.29) is 0 Å². The lowest BCUT2D eigenvalue weighted by atomic mass is 9.85. The highest BCUT2D eigenvalue weighted by Gasteiger charge is 2.45. The Bertz CT molecular complexity index is 685. The molecular weight excluding hydrogens is 314 g/mol. The first-order valence-electron chi connectivity index (χ1n) is 8.06. The van der Waals surface area contributed by atoms with E-state index in [2.05, 4.69) is 15.0 Å². The van der Waals surface area contributed by atoms with Gasteiger partial charge in [0, 0.05) is 17.0 Å². The van der Waals surface area contributed by atoms with Gasteiger partial charge in [-0.15, -0.1) is 0 Å². The number of carbonyl (C=O) groups is 1. The SMILES string of the molecule is O=C(O)[C@@H]1C[C@@H]2CCCC[C@H]2N1Cc1nc(-c2ccsc2)no1. The monoisotopic (exact) mass is 333 g/mol. The molecule has 1 aliphatic carbocycles. The molecule has 0 unspecified atom stereocenters. The molecule has 1 saturated heterocycles. The number of likely N-dealkylation sites (tertiary alicyclic amines) is 1. The fourth-order valence-corrected chi connectivity index (χ4v) is 4.64. The van der Waals surface area contributed by atoms with Crippen LogP contribution in [0.1, 0.15) is 38.0 Å². The normalized spacial score (nSPS) is 27.9. The molecule has 23 heavy (non-hydrogen) atoms. The average Bonchev–Trinajstić information content (AvgIpc) is 3.26. The summed E-state index contributed by atoms with van der Waals surface area (Å²) in [5, 5.41) is 17.5. The van der Waals surface area contributed by atoms with E-state index in [0.29, 0.717) is 30.2 Å². The van der Waals surface area contributed by atoms with Crippen LogP contribution in [0.4, 0.5) is 0 Å². The quantitative estimate of drug-likeness (QED) is 0.926. The standard InChI is InChI=1S/C16H19N3O3S/c20-16(21)13-7-10-3-1-2-4-12(10)19(13)8-14-17-15(18-22-14)11-5-6-23-9-11/h5-6,9-10,12-13H,1-4,7-8H2,(H,20,21)/t10-,12+,13-/m0/s1. The van der Waals surface area contributed by atoms with Crippen molar-refractivity contribution in [3.8, 4) is 11.4 Å². The van der Waals surface area contributed by atoms with Gasteiger partial charge in [0.25, 0.3) is 0 Å². The fraction of sp³-hybridized carbons (Fsp3) is 0.562. The summed E-state index contributed by atoms with van der Waals surface area (Å²) in [5.74, 6) is 0.831. The van der Waals surface area contributed by atoms with E-state index in [9.17, 15) is 9.90 Å². The summed E-state index contributed by atoms with van der Waals surface area (Å²) >= 11 is 1.59. The minimum absolute atomic E-state index is 0.335. The summed E-state index contributed by atoms with van der Waals surface area (Å²) in [6.45, 7) is 0.426. The van der Waals surface area contributed by atoms with Crippen LogP contribution in [0.15, 0.2) is 21.3 Å². The number of fused-ring (bicyclic) bond motifs is 1. The molecular formula is C16H19N3O3S. The van der Waals surface area contributed by atoms with E-state index < -0.39 is 12.0 Å². The topological polar surface area (TPSA) is 79.5 Å². The number of hydrogen-bond acceptors (Lipinski definition) is 6. The molecule has 1 aliphatic heterocycles. The Morgan fingerprint density at radius 1 is 1.43 bits per heavy atom. The van der Waals surface area contributed by atoms with Crippen molar-refractivity contribution in [3.63, 3.8) is 0 Å². The van der Waals surface area contributed by atoms with E-state index in [1.54, 1.807) is 11.3 Å². The predicted molar refractivity (Wildman–Crippen MR) is 84.9 cm³/mol. The number of aromatic nitrogens is 2. The lowest BCUT2D eigenvalue weighted by molar-refractivity contribution is -0.143. The molecule has 1 saturated carbocycles. The number of carboxylic acids is 1. The first kappa shape index (κ1) is 14.8. The first-order chi connectivity index (χ1) is 11.2. The maximum absolute atomic E-state index is 11.6. The summed E-state index contributed by atoms with van der Waals surface area (Å²) in [7, 11) is 0. The Morgan fingerprint density at radius 3 is 3.09 bits per heavy atom. The van der Waals surface area contributed by atoms with Crippen LogP contribution >= 0.6 is 11.3 Å². The van der Waals surface area contributed by atoms with Crippen LogP contribution in [0.3, 0.4) is 0 Å². The van der Waals surface area contributed by atoms with Crippen molar-refractivity contribution in [2.24, 2.45) is 5.92 Å². The van der Waals surface area contributed by atoms with Crippen molar-refractivity contribution in [2.75, 3.05) is 0 Å². The van der Waals surface area contributed by atoms with Crippen molar-refractivity contribution in [1.29, 1.82) is 0 Å². The molecule has 3 heterocycles. The minimum Gasteiger partial charge on any atom is -0.480 e. The van der Waals surface area contributed by atoms with E-state index in [1.165, 1.54) is 12.8 Å². The molecule has 0 radical (unpaired) electrons. The molecule has 4 rings (SSSR count). The third-order valence-corrected chi connectivity index (χ3v) is 5.75. The smallest absolute Gasteiger partial charge is 0.320 e. The number of thiophene rings is 1. The van der Waals surface area contributed by atoms with Gasteiger partial charge >= 0.3 is 5.97 Å². The van der Waals surface area contributed by atoms with Gasteiger partial charge in [-0.25, -0.2) is 0 Å². The Balaban J connectivity index is 1.55. The molecule has 122 valence electrons. The van der Waals surface area contributed by atoms with Crippen molar-refractivity contribution in [1.82, 2.24) is 15.0 Å². The highest BCUT2D eigenvalue weighted by atomic mass is 32.1. The Labute approximate surface area is 138 Å². The number of nitrogens with zero attached hydrogens (tertiary/aromatic N) is 3. The summed E-state index contributed by atoms with van der Waals surface area (Å²) < 4.78 is 5.37. The summed E-state index contributed by atoms with van der Waals surface area (Å²) in [5.41, 5.74) is 0.941. The number of hydrogen-bond donors (Lipinski definition) is 1. The molecule has 2 aromatic rings. The zero-order valence-electron chi connectivity index (χ0n) is 12.7. The van der Waals surface area contributed by atoms with E-state index >= 15 is 0 Å². The lowest BCUT2D eigenvalue weighted by Crippen LogP contribution is -2.41. The molecule has 0 spiro atoms. The molecule has 7 heteroatoms. The first-order valence-corrected chi connectivity index (χ1v) is 9.00. The zero-order valence-corrected chi connectivity index (χ0v) is 13.5. The summed E-state index contributed by atoms with van der Waals surface area (Å²) in [4.78, 5) is 18.1. The highest BCUT2D eigenvalue weighted by Crippen LogP contribution is 2.40. The van der Waals surface area contributed by atoms with Crippen LogP contribution in [0.2, 0.25) is 0 Å². The Kier molecular flexibility index (Phi) is 3.90. The summed E-state index contributed by atoms with van der Waals surface area (Å²) in [6.07, 6.45) is 5.33. The molecule has 0 bridgehead atoms. The van der Waals surface area contributed by atoms with Crippen molar-refractivity contribution in [2.45, 2.75) is 50.7 Å². The van der Waals surface area contributed by atoms with Gasteiger partial charge in [0.15, 0.2) is 0 Å². The summed E-state index contributed by atoms with van der Waals surface area (Å²) in [6, 6.07) is 1.85. The van der Waals surface area contributed by atoms with Gasteiger partial charge in [-0.2, -0.15) is 16.3 Å². The molecule has 3 atom stereocenters. The highest BCUT2D eigenvalue weighted by molar-refractivity contribution is 7.08. The molecule has 6 nitrogen and oxygen atoms in total. The van der Waals surface area contributed by atoms with E-state index in [4.69, 9.17) is 4.52 Å². The van der Waals surface area contributed by atoms with Gasteiger partial charge in [0.05, 0.1) is 6.54 Å². The molecule has 2 fully saturated rings. The van der Waals surface area contributed by atoms with Gasteiger partial charge in [-0.05, 0) is 36.6 Å². The second-order valence-corrected chi connectivity index (χ2v) is 7.18. The van der Waals surface area contributed by atoms with Crippen molar-refractivity contribution < 1.29 is 14.4 Å². The van der Waals surface area contributed by atoms with Crippen LogP contribution in [0.25, 0.3) is 11.4 Å². The average molecular weight is 333 g/mol. The van der Waals surface area contributed by atoms with E-state index in [0.717, 1.165) is 24.8 Å². The zero-order chi connectivity index (χ0) is 15.8. The van der Waals surface area contributed by atoms with Gasteiger partial charge in [-0.1, -0.05) is 18.0 Å². The van der Waals surface area contributed by atoms with E-state index in [1.807, 2.05) is 16.8 Å².